The van der Waals surface area contributed by atoms with E-state index in [9.17, 15) is 19.8 Å². The highest BCUT2D eigenvalue weighted by atomic mass is 16.6. The number of carbonyl (C=O) groups is 2. The smallest absolute Gasteiger partial charge is 0.345 e. The van der Waals surface area contributed by atoms with Gasteiger partial charge in [0.1, 0.15) is 11.5 Å². The lowest BCUT2D eigenvalue weighted by Crippen LogP contribution is -2.37. The molecule has 0 amide bonds. The fourth-order valence-corrected chi connectivity index (χ4v) is 2.46. The van der Waals surface area contributed by atoms with Crippen molar-refractivity contribution >= 4 is 11.9 Å². The van der Waals surface area contributed by atoms with Gasteiger partial charge in [0.2, 0.25) is 0 Å². The maximum absolute atomic E-state index is 12.2. The van der Waals surface area contributed by atoms with Crippen LogP contribution in [0.1, 0.15) is 11.1 Å². The second-order valence-electron chi connectivity index (χ2n) is 6.40. The van der Waals surface area contributed by atoms with Gasteiger partial charge in [0, 0.05) is 0 Å². The lowest BCUT2D eigenvalue weighted by atomic mass is 10.2. The molecule has 0 aliphatic heterocycles. The highest BCUT2D eigenvalue weighted by Crippen LogP contribution is 2.14. The molecule has 9 nitrogen and oxygen atoms in total. The van der Waals surface area contributed by atoms with Crippen LogP contribution in [-0.4, -0.2) is 61.8 Å². The summed E-state index contributed by atoms with van der Waals surface area (Å²) in [6.45, 7) is -1.34. The molecular weight excluding hydrogens is 408 g/mol. The minimum Gasteiger partial charge on any atom is -0.497 e. The molecule has 2 rings (SSSR count). The Morgan fingerprint density at radius 3 is 1.35 bits per heavy atom. The van der Waals surface area contributed by atoms with Crippen LogP contribution in [0.25, 0.3) is 0 Å². The topological polar surface area (TPSA) is 121 Å². The Balaban J connectivity index is 1.85. The average molecular weight is 434 g/mol. The molecular formula is C22H26O9. The molecule has 2 atom stereocenters. The maximum Gasteiger partial charge on any atom is 0.345 e. The Morgan fingerprint density at radius 2 is 1.06 bits per heavy atom. The van der Waals surface area contributed by atoms with Gasteiger partial charge < -0.3 is 33.9 Å². The lowest BCUT2D eigenvalue weighted by molar-refractivity contribution is -0.179. The highest BCUT2D eigenvalue weighted by molar-refractivity contribution is 5.90. The second-order valence-corrected chi connectivity index (χ2v) is 6.40. The molecule has 9 heteroatoms. The zero-order valence-electron chi connectivity index (χ0n) is 17.4. The number of esters is 2. The van der Waals surface area contributed by atoms with Gasteiger partial charge in [-0.2, -0.15) is 0 Å². The van der Waals surface area contributed by atoms with Crippen LogP contribution >= 0.6 is 0 Å². The summed E-state index contributed by atoms with van der Waals surface area (Å²) in [6, 6.07) is 13.8. The monoisotopic (exact) mass is 434 g/mol. The molecule has 0 aliphatic carbocycles. The second kappa shape index (κ2) is 12.7. The standard InChI is InChI=1S/C22H26O9/c1-27-17-7-3-15(4-8-17)13-29-19(11-23)21(25)31-22(26)20(12-24)30-14-16-5-9-18(28-2)10-6-16/h3-10,19-20,23-24H,11-14H2,1-2H3. The van der Waals surface area contributed by atoms with Gasteiger partial charge in [-0.3, -0.25) is 0 Å². The van der Waals surface area contributed by atoms with Gasteiger partial charge in [-0.1, -0.05) is 24.3 Å². The number of aliphatic hydroxyl groups excluding tert-OH is 2. The summed E-state index contributed by atoms with van der Waals surface area (Å²) in [7, 11) is 3.08. The minimum atomic E-state index is -1.37. The number of hydrogen-bond donors (Lipinski definition) is 2. The van der Waals surface area contributed by atoms with Crippen LogP contribution in [0.2, 0.25) is 0 Å². The van der Waals surface area contributed by atoms with Crippen LogP contribution in [-0.2, 0) is 37.0 Å². The molecule has 2 N–H and O–H groups in total. The average Bonchev–Trinajstić information content (AvgIpc) is 2.80. The normalized spacial score (nSPS) is 12.6. The predicted molar refractivity (Wildman–Crippen MR) is 108 cm³/mol. The summed E-state index contributed by atoms with van der Waals surface area (Å²) >= 11 is 0. The first kappa shape index (κ1) is 24.3. The molecule has 0 fully saturated rings. The lowest BCUT2D eigenvalue weighted by Gasteiger charge is -2.17. The van der Waals surface area contributed by atoms with Gasteiger partial charge in [0.15, 0.2) is 12.2 Å². The molecule has 2 unspecified atom stereocenters. The number of rotatable bonds is 12. The quantitative estimate of drug-likeness (QED) is 0.375. The molecule has 2 aromatic rings. The van der Waals surface area contributed by atoms with Crippen molar-refractivity contribution in [1.82, 2.24) is 0 Å². The molecule has 0 radical (unpaired) electrons. The number of hydrogen-bond acceptors (Lipinski definition) is 9. The number of carbonyl (C=O) groups excluding carboxylic acids is 2. The van der Waals surface area contributed by atoms with Gasteiger partial charge in [-0.25, -0.2) is 9.59 Å². The molecule has 168 valence electrons. The molecule has 0 saturated carbocycles. The fourth-order valence-electron chi connectivity index (χ4n) is 2.46. The van der Waals surface area contributed by atoms with E-state index in [0.29, 0.717) is 11.5 Å². The molecule has 0 aliphatic rings. The Morgan fingerprint density at radius 1 is 0.710 bits per heavy atom. The van der Waals surface area contributed by atoms with E-state index in [-0.39, 0.29) is 13.2 Å². The van der Waals surface area contributed by atoms with Crippen molar-refractivity contribution in [3.8, 4) is 11.5 Å². The SMILES string of the molecule is COc1ccc(COC(CO)C(=O)OC(=O)C(CO)OCc2ccc(OC)cc2)cc1. The van der Waals surface area contributed by atoms with E-state index in [0.717, 1.165) is 11.1 Å². The number of aliphatic hydroxyl groups is 2. The Kier molecular flexibility index (Phi) is 9.92. The minimum absolute atomic E-state index is 0.00983. The first-order valence-corrected chi connectivity index (χ1v) is 9.47. The Hall–Kier alpha value is -2.98. The van der Waals surface area contributed by atoms with Crippen molar-refractivity contribution in [2.45, 2.75) is 25.4 Å². The van der Waals surface area contributed by atoms with E-state index in [2.05, 4.69) is 0 Å². The summed E-state index contributed by atoms with van der Waals surface area (Å²) in [4.78, 5) is 24.3. The third-order valence-electron chi connectivity index (χ3n) is 4.28. The molecule has 0 heterocycles. The number of benzene rings is 2. The van der Waals surface area contributed by atoms with Crippen molar-refractivity contribution in [3.05, 3.63) is 59.7 Å². The van der Waals surface area contributed by atoms with Crippen LogP contribution in [0.15, 0.2) is 48.5 Å². The van der Waals surface area contributed by atoms with Crippen LogP contribution in [0.4, 0.5) is 0 Å². The van der Waals surface area contributed by atoms with Crippen LogP contribution < -0.4 is 9.47 Å². The largest absolute Gasteiger partial charge is 0.497 e. The summed E-state index contributed by atoms with van der Waals surface area (Å²) in [5.74, 6) is -0.825. The summed E-state index contributed by atoms with van der Waals surface area (Å²) in [5, 5.41) is 18.8. The van der Waals surface area contributed by atoms with Crippen LogP contribution in [0, 0.1) is 0 Å². The zero-order valence-corrected chi connectivity index (χ0v) is 17.4. The summed E-state index contributed by atoms with van der Waals surface area (Å²) in [5.41, 5.74) is 1.46. The van der Waals surface area contributed by atoms with E-state index in [1.54, 1.807) is 62.8 Å². The molecule has 0 spiro atoms. The van der Waals surface area contributed by atoms with Gasteiger partial charge in [-0.05, 0) is 35.4 Å². The highest BCUT2D eigenvalue weighted by Gasteiger charge is 2.28. The third kappa shape index (κ3) is 7.65. The van der Waals surface area contributed by atoms with E-state index in [1.165, 1.54) is 0 Å². The van der Waals surface area contributed by atoms with Gasteiger partial charge in [0.25, 0.3) is 0 Å². The van der Waals surface area contributed by atoms with Crippen LogP contribution in [0.5, 0.6) is 11.5 Å². The first-order valence-electron chi connectivity index (χ1n) is 9.47. The molecule has 0 saturated heterocycles. The van der Waals surface area contributed by atoms with Crippen molar-refractivity contribution in [2.75, 3.05) is 27.4 Å². The van der Waals surface area contributed by atoms with E-state index < -0.39 is 37.4 Å². The fraction of sp³-hybridized carbons (Fsp3) is 0.364. The number of ether oxygens (including phenoxy) is 5. The summed E-state index contributed by atoms with van der Waals surface area (Å²) < 4.78 is 25.5. The van der Waals surface area contributed by atoms with Gasteiger partial charge >= 0.3 is 11.9 Å². The summed E-state index contributed by atoms with van der Waals surface area (Å²) in [6.07, 6.45) is -2.74. The molecule has 31 heavy (non-hydrogen) atoms. The van der Waals surface area contributed by atoms with Crippen molar-refractivity contribution in [2.24, 2.45) is 0 Å². The predicted octanol–water partition coefficient (Wildman–Crippen LogP) is 1.23. The molecule has 0 bridgehead atoms. The van der Waals surface area contributed by atoms with Gasteiger partial charge in [-0.15, -0.1) is 0 Å². The van der Waals surface area contributed by atoms with Crippen molar-refractivity contribution in [3.63, 3.8) is 0 Å². The zero-order chi connectivity index (χ0) is 22.6. The van der Waals surface area contributed by atoms with E-state index in [4.69, 9.17) is 23.7 Å². The molecule has 0 aromatic heterocycles. The third-order valence-corrected chi connectivity index (χ3v) is 4.28. The van der Waals surface area contributed by atoms with E-state index in [1.807, 2.05) is 0 Å². The van der Waals surface area contributed by atoms with E-state index >= 15 is 0 Å². The van der Waals surface area contributed by atoms with Crippen molar-refractivity contribution < 1.29 is 43.5 Å². The Labute approximate surface area is 180 Å². The Bertz CT molecular complexity index is 748. The first-order chi connectivity index (χ1) is 15.0. The molecule has 2 aromatic carbocycles. The number of methoxy groups -OCH3 is 2. The maximum atomic E-state index is 12.2. The van der Waals surface area contributed by atoms with Crippen LogP contribution in [0.3, 0.4) is 0 Å². The van der Waals surface area contributed by atoms with Crippen molar-refractivity contribution in [1.29, 1.82) is 0 Å². The van der Waals surface area contributed by atoms with Gasteiger partial charge in [0.05, 0.1) is 40.6 Å².